The van der Waals surface area contributed by atoms with E-state index in [4.69, 9.17) is 4.74 Å². The molecule has 0 fully saturated rings. The predicted molar refractivity (Wildman–Crippen MR) is 124 cm³/mol. The summed E-state index contributed by atoms with van der Waals surface area (Å²) in [5.41, 5.74) is 3.16. The molecule has 6 nitrogen and oxygen atoms in total. The summed E-state index contributed by atoms with van der Waals surface area (Å²) < 4.78 is 33.6. The maximum Gasteiger partial charge on any atom is 0.407 e. The van der Waals surface area contributed by atoms with Gasteiger partial charge in [0.1, 0.15) is 17.2 Å². The number of ether oxygens (including phenoxy) is 1. The van der Waals surface area contributed by atoms with Crippen molar-refractivity contribution in [1.29, 1.82) is 0 Å². The van der Waals surface area contributed by atoms with E-state index < -0.39 is 29.2 Å². The second-order valence-electron chi connectivity index (χ2n) is 9.13. The van der Waals surface area contributed by atoms with Crippen molar-refractivity contribution < 1.29 is 23.1 Å². The molecule has 1 unspecified atom stereocenters. The van der Waals surface area contributed by atoms with Crippen LogP contribution in [-0.4, -0.2) is 29.1 Å². The van der Waals surface area contributed by atoms with Gasteiger partial charge >= 0.3 is 6.09 Å². The van der Waals surface area contributed by atoms with Gasteiger partial charge in [0.2, 0.25) is 5.91 Å². The van der Waals surface area contributed by atoms with Crippen LogP contribution in [0.3, 0.4) is 0 Å². The lowest BCUT2D eigenvalue weighted by Crippen LogP contribution is -2.35. The Hall–Kier alpha value is -3.81. The number of halogens is 2. The summed E-state index contributed by atoms with van der Waals surface area (Å²) in [6, 6.07) is 12.4. The lowest BCUT2D eigenvalue weighted by molar-refractivity contribution is -0.115. The monoisotopic (exact) mass is 465 g/mol. The first kappa shape index (κ1) is 23.4. The van der Waals surface area contributed by atoms with Crippen molar-refractivity contribution in [2.24, 2.45) is 0 Å². The Bertz CT molecular complexity index is 1230. The minimum Gasteiger partial charge on any atom is -0.444 e. The van der Waals surface area contributed by atoms with Crippen molar-refractivity contribution >= 4 is 17.7 Å². The van der Waals surface area contributed by atoms with Gasteiger partial charge in [-0.2, -0.15) is 0 Å². The molecule has 2 heterocycles. The molecule has 2 aromatic carbocycles. The van der Waals surface area contributed by atoms with E-state index in [-0.39, 0.29) is 18.9 Å². The van der Waals surface area contributed by atoms with E-state index in [9.17, 15) is 18.4 Å². The molecule has 1 aliphatic rings. The Balaban J connectivity index is 1.78. The third-order valence-electron chi connectivity index (χ3n) is 5.38. The van der Waals surface area contributed by atoms with Gasteiger partial charge in [-0.05, 0) is 61.7 Å². The van der Waals surface area contributed by atoms with Crippen LogP contribution in [0.2, 0.25) is 0 Å². The van der Waals surface area contributed by atoms with Crippen LogP contribution in [0.25, 0.3) is 11.1 Å². The van der Waals surface area contributed by atoms with Gasteiger partial charge in [0.05, 0.1) is 12.1 Å². The topological polar surface area (TPSA) is 80.3 Å². The summed E-state index contributed by atoms with van der Waals surface area (Å²) in [6.07, 6.45) is 1.15. The summed E-state index contributed by atoms with van der Waals surface area (Å²) in [7, 11) is 0. The van der Waals surface area contributed by atoms with E-state index in [1.54, 1.807) is 33.0 Å². The fourth-order valence-electron chi connectivity index (χ4n) is 4.07. The number of hydrogen-bond acceptors (Lipinski definition) is 4. The summed E-state index contributed by atoms with van der Waals surface area (Å²) >= 11 is 0. The summed E-state index contributed by atoms with van der Waals surface area (Å²) in [5, 5.41) is 5.53. The Morgan fingerprint density at radius 1 is 1.12 bits per heavy atom. The molecule has 0 saturated carbocycles. The van der Waals surface area contributed by atoms with Gasteiger partial charge in [-0.15, -0.1) is 0 Å². The molecule has 3 aromatic rings. The van der Waals surface area contributed by atoms with E-state index in [0.717, 1.165) is 22.9 Å². The van der Waals surface area contributed by atoms with Crippen molar-refractivity contribution in [3.8, 4) is 11.1 Å². The maximum absolute atomic E-state index is 14.2. The Morgan fingerprint density at radius 3 is 2.53 bits per heavy atom. The average Bonchev–Trinajstić information content (AvgIpc) is 3.12. The number of aromatic nitrogens is 1. The van der Waals surface area contributed by atoms with Crippen LogP contribution in [0.4, 0.5) is 19.3 Å². The van der Waals surface area contributed by atoms with E-state index in [1.807, 2.05) is 24.3 Å². The number of amides is 2. The Morgan fingerprint density at radius 2 is 1.82 bits per heavy atom. The molecule has 0 saturated heterocycles. The highest BCUT2D eigenvalue weighted by Crippen LogP contribution is 2.38. The normalized spacial score (nSPS) is 13.7. The van der Waals surface area contributed by atoms with E-state index in [2.05, 4.69) is 15.6 Å². The first-order valence-electron chi connectivity index (χ1n) is 10.9. The smallest absolute Gasteiger partial charge is 0.407 e. The summed E-state index contributed by atoms with van der Waals surface area (Å²) in [5.74, 6) is -2.26. The largest absolute Gasteiger partial charge is 0.444 e. The molecule has 2 amide bonds. The molecule has 176 valence electrons. The Kier molecular flexibility index (Phi) is 6.32. The molecule has 0 radical (unpaired) electrons. The lowest BCUT2D eigenvalue weighted by Gasteiger charge is -2.24. The van der Waals surface area contributed by atoms with Gasteiger partial charge in [0.25, 0.3) is 0 Å². The number of carbonyl (C=O) groups is 2. The number of carbonyl (C=O) groups excluding carboxylic acids is 2. The van der Waals surface area contributed by atoms with Crippen LogP contribution in [0, 0.1) is 11.6 Å². The molecular weight excluding hydrogens is 440 g/mol. The van der Waals surface area contributed by atoms with Crippen molar-refractivity contribution in [2.75, 3.05) is 11.9 Å². The van der Waals surface area contributed by atoms with Crippen molar-refractivity contribution in [1.82, 2.24) is 10.3 Å². The van der Waals surface area contributed by atoms with E-state index in [0.29, 0.717) is 16.8 Å². The van der Waals surface area contributed by atoms with Crippen molar-refractivity contribution in [2.45, 2.75) is 38.7 Å². The molecule has 1 aromatic heterocycles. The highest BCUT2D eigenvalue weighted by molar-refractivity contribution is 6.02. The number of pyridine rings is 1. The number of fused-ring (bicyclic) bond motifs is 1. The fraction of sp³-hybridized carbons (Fsp3) is 0.269. The average molecular weight is 466 g/mol. The zero-order valence-electron chi connectivity index (χ0n) is 19.1. The zero-order valence-corrected chi connectivity index (χ0v) is 19.1. The third-order valence-corrected chi connectivity index (χ3v) is 5.38. The van der Waals surface area contributed by atoms with Crippen molar-refractivity contribution in [3.63, 3.8) is 0 Å². The van der Waals surface area contributed by atoms with Gasteiger partial charge in [-0.3, -0.25) is 9.78 Å². The second-order valence-corrected chi connectivity index (χ2v) is 9.13. The Labute approximate surface area is 196 Å². The van der Waals surface area contributed by atoms with Gasteiger partial charge < -0.3 is 15.4 Å². The molecule has 0 aliphatic carbocycles. The number of rotatable bonds is 5. The first-order valence-corrected chi connectivity index (χ1v) is 10.9. The van der Waals surface area contributed by atoms with E-state index >= 15 is 0 Å². The maximum atomic E-state index is 14.2. The fourth-order valence-corrected chi connectivity index (χ4v) is 4.07. The zero-order chi connectivity index (χ0) is 24.5. The number of alkyl carbamates (subject to hydrolysis) is 1. The van der Waals surface area contributed by atoms with Crippen LogP contribution in [-0.2, 0) is 16.0 Å². The number of anilines is 1. The summed E-state index contributed by atoms with van der Waals surface area (Å²) in [6.45, 7) is 5.23. The number of nitrogens with zero attached hydrogens (tertiary/aromatic N) is 1. The number of nitrogens with one attached hydrogen (secondary N) is 2. The van der Waals surface area contributed by atoms with Crippen LogP contribution < -0.4 is 10.6 Å². The summed E-state index contributed by atoms with van der Waals surface area (Å²) in [4.78, 5) is 28.9. The molecule has 0 bridgehead atoms. The van der Waals surface area contributed by atoms with E-state index in [1.165, 1.54) is 12.1 Å². The van der Waals surface area contributed by atoms with Gasteiger partial charge in [0, 0.05) is 36.0 Å². The van der Waals surface area contributed by atoms with Gasteiger partial charge in [-0.25, -0.2) is 13.6 Å². The molecular formula is C26H25F2N3O3. The van der Waals surface area contributed by atoms with Crippen LogP contribution in [0.15, 0.2) is 54.7 Å². The first-order chi connectivity index (χ1) is 16.1. The minimum absolute atomic E-state index is 0.00593. The number of hydrogen-bond donors (Lipinski definition) is 2. The molecule has 0 spiro atoms. The molecule has 8 heteroatoms. The highest BCUT2D eigenvalue weighted by Gasteiger charge is 2.27. The molecule has 34 heavy (non-hydrogen) atoms. The third kappa shape index (κ3) is 5.22. The molecule has 1 atom stereocenters. The molecule has 4 rings (SSSR count). The van der Waals surface area contributed by atoms with Gasteiger partial charge in [-0.1, -0.05) is 18.2 Å². The SMILES string of the molecule is CC(C)(C)OC(=O)NCC(c1cc(F)cc(F)c1)c1ncccc1-c1cccc2c1CC(=O)N2. The lowest BCUT2D eigenvalue weighted by atomic mass is 9.87. The standard InChI is InChI=1S/C26H25F2N3O3/c1-26(2,3)34-25(33)30-14-21(15-10-16(27)12-17(28)11-15)24-19(7-5-9-29-24)18-6-4-8-22-20(18)13-23(32)31-22/h4-12,21H,13-14H2,1-3H3,(H,30,33)(H,31,32). The van der Waals surface area contributed by atoms with Crippen molar-refractivity contribution in [3.05, 3.63) is 83.2 Å². The predicted octanol–water partition coefficient (Wildman–Crippen LogP) is 5.18. The van der Waals surface area contributed by atoms with Gasteiger partial charge in [0.15, 0.2) is 0 Å². The molecule has 1 aliphatic heterocycles. The quantitative estimate of drug-likeness (QED) is 0.544. The second kappa shape index (κ2) is 9.21. The van der Waals surface area contributed by atoms with Crippen LogP contribution in [0.1, 0.15) is 43.5 Å². The van der Waals surface area contributed by atoms with Crippen LogP contribution in [0.5, 0.6) is 0 Å². The minimum atomic E-state index is -0.731. The number of benzene rings is 2. The van der Waals surface area contributed by atoms with Crippen LogP contribution >= 0.6 is 0 Å². The highest BCUT2D eigenvalue weighted by atomic mass is 19.1. The molecule has 2 N–H and O–H groups in total.